The normalized spacial score (nSPS) is 25.7. The highest BCUT2D eigenvalue weighted by Gasteiger charge is 2.51. The van der Waals surface area contributed by atoms with E-state index in [1.54, 1.807) is 0 Å². The lowest BCUT2D eigenvalue weighted by Gasteiger charge is -2.22. The van der Waals surface area contributed by atoms with E-state index in [4.69, 9.17) is 0 Å². The molecule has 3 fully saturated rings. The first-order chi connectivity index (χ1) is 13.0. The second-order valence-electron chi connectivity index (χ2n) is 8.06. The Balaban J connectivity index is 1.31. The molecule has 3 amide bonds. The molecule has 0 aliphatic carbocycles. The van der Waals surface area contributed by atoms with Gasteiger partial charge < -0.3 is 4.90 Å². The fraction of sp³-hybridized carbons (Fsp3) is 0.571. The van der Waals surface area contributed by atoms with Crippen molar-refractivity contribution in [2.45, 2.75) is 32.7 Å². The molecule has 3 saturated heterocycles. The molecular formula is C21H27N3O3. The number of hydrogen-bond donors (Lipinski definition) is 0. The fourth-order valence-corrected chi connectivity index (χ4v) is 4.67. The first kappa shape index (κ1) is 18.2. The maximum Gasteiger partial charge on any atom is 0.234 e. The van der Waals surface area contributed by atoms with Gasteiger partial charge in [0.15, 0.2) is 0 Å². The van der Waals surface area contributed by atoms with Gasteiger partial charge in [0.25, 0.3) is 0 Å². The number of hydrogen-bond acceptors (Lipinski definition) is 4. The third kappa shape index (κ3) is 3.63. The summed E-state index contributed by atoms with van der Waals surface area (Å²) in [5.41, 5.74) is 2.45. The van der Waals surface area contributed by atoms with Crippen LogP contribution in [0.4, 0.5) is 0 Å². The first-order valence-corrected chi connectivity index (χ1v) is 9.94. The molecule has 1 aromatic carbocycles. The lowest BCUT2D eigenvalue weighted by Crippen LogP contribution is -2.38. The molecule has 3 heterocycles. The molecule has 6 heteroatoms. The van der Waals surface area contributed by atoms with Crippen LogP contribution in [0.15, 0.2) is 24.3 Å². The van der Waals surface area contributed by atoms with Crippen molar-refractivity contribution in [3.8, 4) is 0 Å². The second-order valence-corrected chi connectivity index (χ2v) is 8.06. The van der Waals surface area contributed by atoms with E-state index in [0.29, 0.717) is 39.0 Å². The van der Waals surface area contributed by atoms with Crippen molar-refractivity contribution < 1.29 is 14.4 Å². The number of aryl methyl sites for hydroxylation is 1. The van der Waals surface area contributed by atoms with Gasteiger partial charge in [0.1, 0.15) is 0 Å². The monoisotopic (exact) mass is 369 g/mol. The Labute approximate surface area is 160 Å². The smallest absolute Gasteiger partial charge is 0.234 e. The van der Waals surface area contributed by atoms with Crippen molar-refractivity contribution in [3.63, 3.8) is 0 Å². The van der Waals surface area contributed by atoms with Crippen LogP contribution in [0.3, 0.4) is 0 Å². The lowest BCUT2D eigenvalue weighted by atomic mass is 10.00. The van der Waals surface area contributed by atoms with E-state index in [2.05, 4.69) is 30.0 Å². The molecule has 4 rings (SSSR count). The number of carbonyl (C=O) groups is 3. The summed E-state index contributed by atoms with van der Waals surface area (Å²) in [7, 11) is 0. The number of rotatable bonds is 6. The predicted molar refractivity (Wildman–Crippen MR) is 101 cm³/mol. The van der Waals surface area contributed by atoms with Gasteiger partial charge in [-0.2, -0.15) is 0 Å². The Morgan fingerprint density at radius 1 is 1.04 bits per heavy atom. The fourth-order valence-electron chi connectivity index (χ4n) is 4.67. The van der Waals surface area contributed by atoms with Crippen LogP contribution >= 0.6 is 0 Å². The molecule has 0 radical (unpaired) electrons. The largest absolute Gasteiger partial charge is 0.343 e. The van der Waals surface area contributed by atoms with Crippen molar-refractivity contribution in [3.05, 3.63) is 35.4 Å². The maximum absolute atomic E-state index is 12.7. The highest BCUT2D eigenvalue weighted by Crippen LogP contribution is 2.34. The molecule has 27 heavy (non-hydrogen) atoms. The van der Waals surface area contributed by atoms with E-state index in [-0.39, 0.29) is 29.6 Å². The summed E-state index contributed by atoms with van der Waals surface area (Å²) in [6.07, 6.45) is 2.22. The van der Waals surface area contributed by atoms with E-state index >= 15 is 0 Å². The molecule has 0 N–H and O–H groups in total. The summed E-state index contributed by atoms with van der Waals surface area (Å²) in [5.74, 6) is -0.252. The molecule has 0 bridgehead atoms. The summed E-state index contributed by atoms with van der Waals surface area (Å²) < 4.78 is 0. The number of amides is 3. The summed E-state index contributed by atoms with van der Waals surface area (Å²) in [6.45, 7) is 6.06. The van der Waals surface area contributed by atoms with Gasteiger partial charge in [0.05, 0.1) is 11.8 Å². The Hall–Kier alpha value is -2.21. The standard InChI is InChI=1S/C21H27N3O3/c1-15-5-2-6-16(11-15)12-22-13-17-18(14-22)21(27)24(20(17)26)10-4-9-23-8-3-7-19(23)25/h2,5-6,11,17-18H,3-4,7-10,12-14H2,1H3/t17-,18+. The van der Waals surface area contributed by atoms with Gasteiger partial charge in [0, 0.05) is 45.7 Å². The Morgan fingerprint density at radius 3 is 2.41 bits per heavy atom. The second kappa shape index (κ2) is 7.43. The predicted octanol–water partition coefficient (Wildman–Crippen LogP) is 1.42. The minimum absolute atomic E-state index is 0.0236. The molecule has 0 unspecified atom stereocenters. The van der Waals surface area contributed by atoms with Gasteiger partial charge in [-0.05, 0) is 25.3 Å². The van der Waals surface area contributed by atoms with Crippen LogP contribution in [0, 0.1) is 18.8 Å². The van der Waals surface area contributed by atoms with Crippen LogP contribution in [0.2, 0.25) is 0 Å². The molecule has 144 valence electrons. The topological polar surface area (TPSA) is 60.9 Å². The number of fused-ring (bicyclic) bond motifs is 1. The quantitative estimate of drug-likeness (QED) is 0.712. The number of nitrogens with zero attached hydrogens (tertiary/aromatic N) is 3. The molecule has 0 saturated carbocycles. The summed E-state index contributed by atoms with van der Waals surface area (Å²) >= 11 is 0. The van der Waals surface area contributed by atoms with Gasteiger partial charge in [-0.3, -0.25) is 24.2 Å². The van der Waals surface area contributed by atoms with Gasteiger partial charge in [0.2, 0.25) is 17.7 Å². The highest BCUT2D eigenvalue weighted by molar-refractivity contribution is 6.05. The molecule has 0 spiro atoms. The summed E-state index contributed by atoms with van der Waals surface area (Å²) in [4.78, 5) is 42.7. The van der Waals surface area contributed by atoms with Crippen LogP contribution in [0.5, 0.6) is 0 Å². The lowest BCUT2D eigenvalue weighted by molar-refractivity contribution is -0.140. The number of imide groups is 1. The Bertz CT molecular complexity index is 739. The van der Waals surface area contributed by atoms with Crippen LogP contribution in [0.25, 0.3) is 0 Å². The van der Waals surface area contributed by atoms with Crippen LogP contribution in [-0.2, 0) is 20.9 Å². The average molecular weight is 369 g/mol. The van der Waals surface area contributed by atoms with Gasteiger partial charge in [-0.15, -0.1) is 0 Å². The van der Waals surface area contributed by atoms with Crippen LogP contribution in [-0.4, -0.2) is 65.1 Å². The molecule has 3 aliphatic heterocycles. The van der Waals surface area contributed by atoms with Gasteiger partial charge >= 0.3 is 0 Å². The molecule has 1 aromatic rings. The Kier molecular flexibility index (Phi) is 5.00. The molecular weight excluding hydrogens is 342 g/mol. The highest BCUT2D eigenvalue weighted by atomic mass is 16.2. The van der Waals surface area contributed by atoms with Crippen molar-refractivity contribution >= 4 is 17.7 Å². The van der Waals surface area contributed by atoms with Crippen molar-refractivity contribution in [1.29, 1.82) is 0 Å². The molecule has 0 aromatic heterocycles. The average Bonchev–Trinajstić information content (AvgIpc) is 3.29. The minimum atomic E-state index is -0.198. The molecule has 3 aliphatic rings. The van der Waals surface area contributed by atoms with Crippen LogP contribution < -0.4 is 0 Å². The van der Waals surface area contributed by atoms with E-state index in [0.717, 1.165) is 19.5 Å². The minimum Gasteiger partial charge on any atom is -0.343 e. The SMILES string of the molecule is Cc1cccc(CN2C[C@@H]3C(=O)N(CCCN4CCCC4=O)C(=O)[C@@H]3C2)c1. The van der Waals surface area contributed by atoms with Crippen molar-refractivity contribution in [1.82, 2.24) is 14.7 Å². The van der Waals surface area contributed by atoms with E-state index in [1.807, 2.05) is 11.0 Å². The molecule has 6 nitrogen and oxygen atoms in total. The zero-order chi connectivity index (χ0) is 19.0. The van der Waals surface area contributed by atoms with E-state index in [1.165, 1.54) is 16.0 Å². The van der Waals surface area contributed by atoms with Crippen LogP contribution in [0.1, 0.15) is 30.4 Å². The zero-order valence-corrected chi connectivity index (χ0v) is 15.9. The zero-order valence-electron chi connectivity index (χ0n) is 15.9. The number of benzene rings is 1. The van der Waals surface area contributed by atoms with Gasteiger partial charge in [-0.1, -0.05) is 29.8 Å². The van der Waals surface area contributed by atoms with E-state index < -0.39 is 0 Å². The summed E-state index contributed by atoms with van der Waals surface area (Å²) in [5, 5.41) is 0. The number of carbonyl (C=O) groups excluding carboxylic acids is 3. The summed E-state index contributed by atoms with van der Waals surface area (Å²) in [6, 6.07) is 8.37. The maximum atomic E-state index is 12.7. The molecule has 2 atom stereocenters. The first-order valence-electron chi connectivity index (χ1n) is 9.94. The van der Waals surface area contributed by atoms with Crippen molar-refractivity contribution in [2.24, 2.45) is 11.8 Å². The number of likely N-dealkylation sites (tertiary alicyclic amines) is 3. The third-order valence-corrected chi connectivity index (χ3v) is 6.03. The van der Waals surface area contributed by atoms with Crippen molar-refractivity contribution in [2.75, 3.05) is 32.7 Å². The third-order valence-electron chi connectivity index (χ3n) is 6.03. The Morgan fingerprint density at radius 2 is 1.78 bits per heavy atom. The van der Waals surface area contributed by atoms with Gasteiger partial charge in [-0.25, -0.2) is 0 Å². The van der Waals surface area contributed by atoms with E-state index in [9.17, 15) is 14.4 Å².